The second-order valence-corrected chi connectivity index (χ2v) is 7.80. The van der Waals surface area contributed by atoms with Gasteiger partial charge in [0.05, 0.1) is 12.2 Å². The molecule has 6 atom stereocenters. The molecule has 22 heavy (non-hydrogen) atoms. The zero-order valence-corrected chi connectivity index (χ0v) is 13.5. The van der Waals surface area contributed by atoms with Gasteiger partial charge in [-0.1, -0.05) is 13.0 Å². The third kappa shape index (κ3) is 1.88. The van der Waals surface area contributed by atoms with Gasteiger partial charge in [-0.2, -0.15) is 0 Å². The summed E-state index contributed by atoms with van der Waals surface area (Å²) in [7, 11) is 1.81. The SMILES string of the molecule is COC1CC2(C)C(O)CCC2C2CCc3cc(O)ccc3C12. The molecule has 2 fully saturated rings. The number of hydrogen-bond donors (Lipinski definition) is 2. The first kappa shape index (κ1) is 14.5. The van der Waals surface area contributed by atoms with Crippen molar-refractivity contribution in [3.8, 4) is 5.75 Å². The van der Waals surface area contributed by atoms with E-state index in [9.17, 15) is 10.2 Å². The Morgan fingerprint density at radius 1 is 1.23 bits per heavy atom. The van der Waals surface area contributed by atoms with Crippen LogP contribution >= 0.6 is 0 Å². The zero-order chi connectivity index (χ0) is 15.5. The van der Waals surface area contributed by atoms with Crippen LogP contribution in [-0.4, -0.2) is 29.5 Å². The number of fused-ring (bicyclic) bond motifs is 5. The van der Waals surface area contributed by atoms with E-state index < -0.39 is 0 Å². The Morgan fingerprint density at radius 2 is 2.05 bits per heavy atom. The van der Waals surface area contributed by atoms with Crippen molar-refractivity contribution in [3.63, 3.8) is 0 Å². The van der Waals surface area contributed by atoms with Crippen molar-refractivity contribution in [2.45, 2.75) is 57.2 Å². The molecule has 0 radical (unpaired) electrons. The Kier molecular flexibility index (Phi) is 3.28. The third-order valence-electron chi connectivity index (χ3n) is 6.91. The van der Waals surface area contributed by atoms with Gasteiger partial charge < -0.3 is 14.9 Å². The fourth-order valence-corrected chi connectivity index (χ4v) is 5.82. The van der Waals surface area contributed by atoms with Crippen LogP contribution in [-0.2, 0) is 11.2 Å². The number of methoxy groups -OCH3 is 1. The lowest BCUT2D eigenvalue weighted by Gasteiger charge is -2.53. The summed E-state index contributed by atoms with van der Waals surface area (Å²) in [5.74, 6) is 1.97. The molecular weight excluding hydrogens is 276 g/mol. The Labute approximate surface area is 132 Å². The minimum atomic E-state index is -0.183. The van der Waals surface area contributed by atoms with Crippen LogP contribution in [0.15, 0.2) is 18.2 Å². The fraction of sp³-hybridized carbons (Fsp3) is 0.684. The van der Waals surface area contributed by atoms with Gasteiger partial charge in [-0.15, -0.1) is 0 Å². The number of aryl methyl sites for hydroxylation is 1. The van der Waals surface area contributed by atoms with E-state index in [1.54, 1.807) is 7.11 Å². The molecule has 0 saturated heterocycles. The largest absolute Gasteiger partial charge is 0.508 e. The lowest BCUT2D eigenvalue weighted by Crippen LogP contribution is -2.50. The average Bonchev–Trinajstić information content (AvgIpc) is 2.81. The number of ether oxygens (including phenoxy) is 1. The molecular formula is C19H26O3. The van der Waals surface area contributed by atoms with Gasteiger partial charge in [-0.3, -0.25) is 0 Å². The number of aliphatic hydroxyl groups excluding tert-OH is 1. The molecule has 3 nitrogen and oxygen atoms in total. The number of aromatic hydroxyl groups is 1. The summed E-state index contributed by atoms with van der Waals surface area (Å²) in [6, 6.07) is 5.84. The highest BCUT2D eigenvalue weighted by atomic mass is 16.5. The second kappa shape index (κ2) is 4.97. The summed E-state index contributed by atoms with van der Waals surface area (Å²) in [5, 5.41) is 20.3. The maximum absolute atomic E-state index is 10.5. The van der Waals surface area contributed by atoms with Gasteiger partial charge in [0, 0.05) is 13.0 Å². The molecule has 0 bridgehead atoms. The monoisotopic (exact) mass is 302 g/mol. The van der Waals surface area contributed by atoms with Gasteiger partial charge in [-0.25, -0.2) is 0 Å². The molecule has 0 spiro atoms. The van der Waals surface area contributed by atoms with Gasteiger partial charge in [0.25, 0.3) is 0 Å². The lowest BCUT2D eigenvalue weighted by molar-refractivity contribution is -0.0929. The third-order valence-corrected chi connectivity index (χ3v) is 6.91. The number of rotatable bonds is 1. The van der Waals surface area contributed by atoms with Crippen molar-refractivity contribution >= 4 is 0 Å². The molecule has 2 N–H and O–H groups in total. The van der Waals surface area contributed by atoms with Gasteiger partial charge in [0.2, 0.25) is 0 Å². The first-order chi connectivity index (χ1) is 10.5. The molecule has 6 unspecified atom stereocenters. The Bertz CT molecular complexity index is 584. The van der Waals surface area contributed by atoms with E-state index in [1.807, 2.05) is 12.1 Å². The number of phenols is 1. The van der Waals surface area contributed by atoms with E-state index in [-0.39, 0.29) is 17.6 Å². The van der Waals surface area contributed by atoms with Crippen LogP contribution in [0, 0.1) is 17.3 Å². The van der Waals surface area contributed by atoms with Gasteiger partial charge in [0.1, 0.15) is 5.75 Å². The Morgan fingerprint density at radius 3 is 2.82 bits per heavy atom. The summed E-state index contributed by atoms with van der Waals surface area (Å²) in [6.45, 7) is 2.27. The van der Waals surface area contributed by atoms with E-state index >= 15 is 0 Å². The fourth-order valence-electron chi connectivity index (χ4n) is 5.82. The molecule has 4 rings (SSSR count). The molecule has 1 aromatic carbocycles. The minimum Gasteiger partial charge on any atom is -0.508 e. The van der Waals surface area contributed by atoms with Crippen LogP contribution in [0.2, 0.25) is 0 Å². The normalized spacial score (nSPS) is 43.3. The van der Waals surface area contributed by atoms with E-state index in [2.05, 4.69) is 13.0 Å². The summed E-state index contributed by atoms with van der Waals surface area (Å²) >= 11 is 0. The smallest absolute Gasteiger partial charge is 0.115 e. The van der Waals surface area contributed by atoms with Gasteiger partial charge in [-0.05, 0) is 72.6 Å². The molecule has 0 amide bonds. The molecule has 3 heteroatoms. The van der Waals surface area contributed by atoms with Crippen molar-refractivity contribution in [3.05, 3.63) is 29.3 Å². The van der Waals surface area contributed by atoms with Crippen LogP contribution in [0.1, 0.15) is 49.7 Å². The number of aliphatic hydroxyl groups is 1. The Balaban J connectivity index is 1.78. The molecule has 3 aliphatic rings. The van der Waals surface area contributed by atoms with Crippen LogP contribution in [0.3, 0.4) is 0 Å². The average molecular weight is 302 g/mol. The van der Waals surface area contributed by atoms with Crippen LogP contribution < -0.4 is 0 Å². The Hall–Kier alpha value is -1.06. The van der Waals surface area contributed by atoms with Crippen molar-refractivity contribution in [2.75, 3.05) is 7.11 Å². The van der Waals surface area contributed by atoms with Crippen molar-refractivity contribution in [2.24, 2.45) is 17.3 Å². The predicted octanol–water partition coefficient (Wildman–Crippen LogP) is 3.23. The first-order valence-corrected chi connectivity index (χ1v) is 8.57. The molecule has 1 aromatic rings. The topological polar surface area (TPSA) is 49.7 Å². The highest BCUT2D eigenvalue weighted by molar-refractivity contribution is 5.41. The van der Waals surface area contributed by atoms with Crippen LogP contribution in [0.25, 0.3) is 0 Å². The van der Waals surface area contributed by atoms with Crippen molar-refractivity contribution < 1.29 is 14.9 Å². The minimum absolute atomic E-state index is 0.0102. The van der Waals surface area contributed by atoms with E-state index in [0.717, 1.165) is 32.1 Å². The van der Waals surface area contributed by atoms with Crippen LogP contribution in [0.4, 0.5) is 0 Å². The molecule has 0 heterocycles. The highest BCUT2D eigenvalue weighted by Gasteiger charge is 2.57. The summed E-state index contributed by atoms with van der Waals surface area (Å²) in [6.07, 6.45) is 5.18. The van der Waals surface area contributed by atoms with Gasteiger partial charge >= 0.3 is 0 Å². The molecule has 2 saturated carbocycles. The first-order valence-electron chi connectivity index (χ1n) is 8.57. The quantitative estimate of drug-likeness (QED) is 0.837. The van der Waals surface area contributed by atoms with E-state index in [0.29, 0.717) is 23.5 Å². The highest BCUT2D eigenvalue weighted by Crippen LogP contribution is 2.61. The van der Waals surface area contributed by atoms with Crippen LogP contribution in [0.5, 0.6) is 5.75 Å². The molecule has 120 valence electrons. The van der Waals surface area contributed by atoms with E-state index in [4.69, 9.17) is 4.74 Å². The molecule has 3 aliphatic carbocycles. The number of benzene rings is 1. The number of phenolic OH excluding ortho intramolecular Hbond substituents is 1. The maximum atomic E-state index is 10.5. The second-order valence-electron chi connectivity index (χ2n) is 7.80. The molecule has 0 aliphatic heterocycles. The summed E-state index contributed by atoms with van der Waals surface area (Å²) < 4.78 is 5.90. The lowest BCUT2D eigenvalue weighted by atomic mass is 9.54. The number of hydrogen-bond acceptors (Lipinski definition) is 3. The predicted molar refractivity (Wildman–Crippen MR) is 84.9 cm³/mol. The molecule has 0 aromatic heterocycles. The van der Waals surface area contributed by atoms with Crippen molar-refractivity contribution in [1.29, 1.82) is 0 Å². The summed E-state index contributed by atoms with van der Waals surface area (Å²) in [5.41, 5.74) is 2.66. The van der Waals surface area contributed by atoms with Crippen molar-refractivity contribution in [1.82, 2.24) is 0 Å². The van der Waals surface area contributed by atoms with Gasteiger partial charge in [0.15, 0.2) is 0 Å². The zero-order valence-electron chi connectivity index (χ0n) is 13.5. The standard InChI is InChI=1S/C19H26O3/c1-19-10-16(22-2)18-13-6-4-12(20)9-11(13)3-5-14(18)15(19)7-8-17(19)21/h4,6,9,14-18,20-21H,3,5,7-8,10H2,1-2H3. The van der Waals surface area contributed by atoms with E-state index in [1.165, 1.54) is 11.1 Å². The maximum Gasteiger partial charge on any atom is 0.115 e. The summed E-state index contributed by atoms with van der Waals surface area (Å²) in [4.78, 5) is 0.